The van der Waals surface area contributed by atoms with Crippen molar-refractivity contribution in [3.05, 3.63) is 54.1 Å². The molecule has 0 radical (unpaired) electrons. The number of rotatable bonds is 6. The van der Waals surface area contributed by atoms with E-state index in [1.54, 1.807) is 18.2 Å². The summed E-state index contributed by atoms with van der Waals surface area (Å²) in [6.45, 7) is 1.92. The number of hydrogen-bond acceptors (Lipinski definition) is 4. The summed E-state index contributed by atoms with van der Waals surface area (Å²) >= 11 is 0. The van der Waals surface area contributed by atoms with E-state index in [4.69, 9.17) is 4.74 Å². The van der Waals surface area contributed by atoms with Crippen molar-refractivity contribution < 1.29 is 17.9 Å². The molecule has 0 aliphatic carbocycles. The summed E-state index contributed by atoms with van der Waals surface area (Å²) in [4.78, 5) is 12.1. The van der Waals surface area contributed by atoms with E-state index in [0.29, 0.717) is 11.4 Å². The summed E-state index contributed by atoms with van der Waals surface area (Å²) in [6, 6.07) is 13.5. The third-order valence-corrected chi connectivity index (χ3v) is 5.05. The molecule has 2 aromatic rings. The Kier molecular flexibility index (Phi) is 5.39. The van der Waals surface area contributed by atoms with Gasteiger partial charge in [-0.2, -0.15) is 0 Å². The summed E-state index contributed by atoms with van der Waals surface area (Å²) in [7, 11) is -1.98. The number of carbonyl (C=O) groups excluding carboxylic acids is 1. The topological polar surface area (TPSA) is 72.5 Å². The predicted octanol–water partition coefficient (Wildman–Crippen LogP) is 2.81. The third kappa shape index (κ3) is 4.82. The Morgan fingerprint density at radius 1 is 1.13 bits per heavy atom. The highest BCUT2D eigenvalue weighted by atomic mass is 32.2. The number of anilines is 1. The number of aryl methyl sites for hydroxylation is 1. The Hall–Kier alpha value is -2.34. The normalized spacial score (nSPS) is 11.0. The molecule has 0 heterocycles. The van der Waals surface area contributed by atoms with Crippen molar-refractivity contribution >= 4 is 21.4 Å². The molecule has 0 bridgehead atoms. The van der Waals surface area contributed by atoms with Gasteiger partial charge in [0.1, 0.15) is 5.75 Å². The fourth-order valence-corrected chi connectivity index (χ4v) is 3.31. The Labute approximate surface area is 136 Å². The number of amides is 1. The minimum absolute atomic E-state index is 0.0949. The van der Waals surface area contributed by atoms with Gasteiger partial charge in [0.25, 0.3) is 0 Å². The summed E-state index contributed by atoms with van der Waals surface area (Å²) in [5.74, 6) is 0.0191. The van der Waals surface area contributed by atoms with Gasteiger partial charge in [-0.05, 0) is 48.9 Å². The standard InChI is InChI=1S/C17H19NO4S/c1-13-4-3-5-14(12-13)18-17(19)10-11-23(20,21)16-8-6-15(22-2)7-9-16/h3-9,12H,10-11H2,1-2H3,(H,18,19). The smallest absolute Gasteiger partial charge is 0.225 e. The van der Waals surface area contributed by atoms with Crippen molar-refractivity contribution in [2.75, 3.05) is 18.2 Å². The molecule has 1 amide bonds. The number of sulfone groups is 1. The van der Waals surface area contributed by atoms with Crippen LogP contribution < -0.4 is 10.1 Å². The lowest BCUT2D eigenvalue weighted by Gasteiger charge is -2.07. The first-order valence-electron chi connectivity index (χ1n) is 7.14. The fraction of sp³-hybridized carbons (Fsp3) is 0.235. The lowest BCUT2D eigenvalue weighted by atomic mass is 10.2. The zero-order valence-corrected chi connectivity index (χ0v) is 13.9. The van der Waals surface area contributed by atoms with E-state index in [-0.39, 0.29) is 23.0 Å². The van der Waals surface area contributed by atoms with Crippen molar-refractivity contribution in [1.29, 1.82) is 0 Å². The molecule has 6 heteroatoms. The maximum absolute atomic E-state index is 12.2. The lowest BCUT2D eigenvalue weighted by molar-refractivity contribution is -0.115. The van der Waals surface area contributed by atoms with Crippen LogP contribution in [0, 0.1) is 6.92 Å². The number of ether oxygens (including phenoxy) is 1. The van der Waals surface area contributed by atoms with Crippen LogP contribution in [0.1, 0.15) is 12.0 Å². The van der Waals surface area contributed by atoms with Gasteiger partial charge in [-0.25, -0.2) is 8.42 Å². The van der Waals surface area contributed by atoms with E-state index >= 15 is 0 Å². The van der Waals surface area contributed by atoms with Crippen LogP contribution in [-0.2, 0) is 14.6 Å². The molecule has 23 heavy (non-hydrogen) atoms. The number of benzene rings is 2. The minimum Gasteiger partial charge on any atom is -0.497 e. The Bertz CT molecular complexity index is 782. The van der Waals surface area contributed by atoms with Gasteiger partial charge in [-0.15, -0.1) is 0 Å². The molecular weight excluding hydrogens is 314 g/mol. The lowest BCUT2D eigenvalue weighted by Crippen LogP contribution is -2.17. The molecule has 0 spiro atoms. The van der Waals surface area contributed by atoms with Crippen molar-refractivity contribution in [3.63, 3.8) is 0 Å². The molecule has 0 unspecified atom stereocenters. The van der Waals surface area contributed by atoms with Crippen molar-refractivity contribution in [3.8, 4) is 5.75 Å². The largest absolute Gasteiger partial charge is 0.497 e. The van der Waals surface area contributed by atoms with Gasteiger partial charge in [-0.1, -0.05) is 12.1 Å². The molecule has 0 aliphatic heterocycles. The highest BCUT2D eigenvalue weighted by molar-refractivity contribution is 7.91. The van der Waals surface area contributed by atoms with Crippen molar-refractivity contribution in [2.45, 2.75) is 18.2 Å². The van der Waals surface area contributed by atoms with Crippen LogP contribution >= 0.6 is 0 Å². The maximum atomic E-state index is 12.2. The van der Waals surface area contributed by atoms with E-state index < -0.39 is 9.84 Å². The fourth-order valence-electron chi connectivity index (χ4n) is 2.07. The van der Waals surface area contributed by atoms with Crippen LogP contribution in [0.15, 0.2) is 53.4 Å². The quantitative estimate of drug-likeness (QED) is 0.882. The van der Waals surface area contributed by atoms with E-state index in [1.165, 1.54) is 19.2 Å². The minimum atomic E-state index is -3.50. The van der Waals surface area contributed by atoms with Crippen LogP contribution in [0.4, 0.5) is 5.69 Å². The molecule has 122 valence electrons. The second-order valence-corrected chi connectivity index (χ2v) is 7.27. The first-order valence-corrected chi connectivity index (χ1v) is 8.79. The van der Waals surface area contributed by atoms with Gasteiger partial charge in [0.2, 0.25) is 5.91 Å². The molecule has 0 aromatic heterocycles. The van der Waals surface area contributed by atoms with Crippen LogP contribution in [-0.4, -0.2) is 27.2 Å². The monoisotopic (exact) mass is 333 g/mol. The Balaban J connectivity index is 1.96. The van der Waals surface area contributed by atoms with Gasteiger partial charge < -0.3 is 10.1 Å². The molecule has 5 nitrogen and oxygen atoms in total. The van der Waals surface area contributed by atoms with Crippen LogP contribution in [0.5, 0.6) is 5.75 Å². The Morgan fingerprint density at radius 3 is 2.43 bits per heavy atom. The number of carbonyl (C=O) groups is 1. The molecule has 0 saturated carbocycles. The average Bonchev–Trinajstić information content (AvgIpc) is 2.53. The molecule has 0 fully saturated rings. The second kappa shape index (κ2) is 7.28. The highest BCUT2D eigenvalue weighted by Crippen LogP contribution is 2.17. The SMILES string of the molecule is COc1ccc(S(=O)(=O)CCC(=O)Nc2cccc(C)c2)cc1. The summed E-state index contributed by atoms with van der Waals surface area (Å²) < 4.78 is 29.4. The summed E-state index contributed by atoms with van der Waals surface area (Å²) in [6.07, 6.45) is -0.0949. The first kappa shape index (κ1) is 17.0. The highest BCUT2D eigenvalue weighted by Gasteiger charge is 2.16. The first-order chi connectivity index (χ1) is 10.9. The van der Waals surface area contributed by atoms with E-state index in [2.05, 4.69) is 5.32 Å². The van der Waals surface area contributed by atoms with Crippen LogP contribution in [0.25, 0.3) is 0 Å². The zero-order chi connectivity index (χ0) is 16.9. The molecule has 0 saturated heterocycles. The number of nitrogens with one attached hydrogen (secondary N) is 1. The average molecular weight is 333 g/mol. The van der Waals surface area contributed by atoms with Crippen LogP contribution in [0.3, 0.4) is 0 Å². The van der Waals surface area contributed by atoms with Gasteiger partial charge in [0.15, 0.2) is 9.84 Å². The van der Waals surface area contributed by atoms with Gasteiger partial charge in [0.05, 0.1) is 17.8 Å². The van der Waals surface area contributed by atoms with Gasteiger partial charge in [-0.3, -0.25) is 4.79 Å². The van der Waals surface area contributed by atoms with Crippen LogP contribution in [0.2, 0.25) is 0 Å². The van der Waals surface area contributed by atoms with Gasteiger partial charge >= 0.3 is 0 Å². The molecule has 2 aromatic carbocycles. The molecule has 0 aliphatic rings. The molecular formula is C17H19NO4S. The zero-order valence-electron chi connectivity index (χ0n) is 13.1. The maximum Gasteiger partial charge on any atom is 0.225 e. The summed E-state index contributed by atoms with van der Waals surface area (Å²) in [5, 5.41) is 2.70. The Morgan fingerprint density at radius 2 is 1.83 bits per heavy atom. The van der Waals surface area contributed by atoms with E-state index in [1.807, 2.05) is 25.1 Å². The van der Waals surface area contributed by atoms with E-state index in [9.17, 15) is 13.2 Å². The third-order valence-electron chi connectivity index (χ3n) is 3.32. The number of hydrogen-bond donors (Lipinski definition) is 1. The van der Waals surface area contributed by atoms with Crippen molar-refractivity contribution in [2.24, 2.45) is 0 Å². The predicted molar refractivity (Wildman–Crippen MR) is 89.5 cm³/mol. The van der Waals surface area contributed by atoms with Crippen molar-refractivity contribution in [1.82, 2.24) is 0 Å². The van der Waals surface area contributed by atoms with E-state index in [0.717, 1.165) is 5.56 Å². The number of methoxy groups -OCH3 is 1. The van der Waals surface area contributed by atoms with Gasteiger partial charge in [0, 0.05) is 12.1 Å². The molecule has 1 N–H and O–H groups in total. The molecule has 2 rings (SSSR count). The second-order valence-electron chi connectivity index (χ2n) is 5.16. The summed E-state index contributed by atoms with van der Waals surface area (Å²) in [5.41, 5.74) is 1.69. The molecule has 0 atom stereocenters.